The first kappa shape index (κ1) is 23.2. The second kappa shape index (κ2) is 7.65. The van der Waals surface area contributed by atoms with Crippen LogP contribution in [0.25, 0.3) is 0 Å². The minimum Gasteiger partial charge on any atom is -0.462 e. The SMILES string of the molecule is CC(=O)OC1CC2C(CCC3=CC(=O)CC[C@@]32C)C2CC3OC4(CCC(C)CO4)[C@@H](C)C3[C@@]12C. The molecule has 0 N–H and O–H groups in total. The van der Waals surface area contributed by atoms with Crippen LogP contribution >= 0.6 is 0 Å². The van der Waals surface area contributed by atoms with Gasteiger partial charge in [0.05, 0.1) is 12.7 Å². The summed E-state index contributed by atoms with van der Waals surface area (Å²) in [7, 11) is 0. The van der Waals surface area contributed by atoms with Gasteiger partial charge in [-0.15, -0.1) is 0 Å². The van der Waals surface area contributed by atoms with Gasteiger partial charge in [-0.1, -0.05) is 33.3 Å². The number of rotatable bonds is 1. The van der Waals surface area contributed by atoms with Crippen LogP contribution in [0.1, 0.15) is 86.0 Å². The highest BCUT2D eigenvalue weighted by molar-refractivity contribution is 5.91. The van der Waals surface area contributed by atoms with Gasteiger partial charge < -0.3 is 14.2 Å². The van der Waals surface area contributed by atoms with Crippen molar-refractivity contribution in [3.63, 3.8) is 0 Å². The van der Waals surface area contributed by atoms with Crippen molar-refractivity contribution in [2.24, 2.45) is 46.3 Å². The van der Waals surface area contributed by atoms with Crippen LogP contribution in [0.4, 0.5) is 0 Å². The van der Waals surface area contributed by atoms with E-state index in [1.807, 2.05) is 6.08 Å². The Morgan fingerprint density at radius 1 is 1.09 bits per heavy atom. The van der Waals surface area contributed by atoms with E-state index < -0.39 is 5.79 Å². The Kier molecular flexibility index (Phi) is 5.22. The van der Waals surface area contributed by atoms with Crippen molar-refractivity contribution in [2.75, 3.05) is 6.61 Å². The molecule has 188 valence electrons. The van der Waals surface area contributed by atoms with Crippen molar-refractivity contribution < 1.29 is 23.8 Å². The van der Waals surface area contributed by atoms with Crippen LogP contribution in [-0.4, -0.2) is 36.4 Å². The Balaban J connectivity index is 1.37. The molecule has 0 radical (unpaired) electrons. The van der Waals surface area contributed by atoms with E-state index in [4.69, 9.17) is 14.2 Å². The first-order valence-corrected chi connectivity index (χ1v) is 13.8. The number of carbonyl (C=O) groups is 2. The second-order valence-electron chi connectivity index (χ2n) is 13.1. The molecule has 2 saturated heterocycles. The molecule has 0 aromatic carbocycles. The number of fused-ring (bicyclic) bond motifs is 7. The summed E-state index contributed by atoms with van der Waals surface area (Å²) in [5, 5.41) is 0. The predicted molar refractivity (Wildman–Crippen MR) is 128 cm³/mol. The minimum absolute atomic E-state index is 0.0462. The molecule has 0 aromatic rings. The van der Waals surface area contributed by atoms with E-state index in [-0.39, 0.29) is 40.7 Å². The Labute approximate surface area is 204 Å². The highest BCUT2D eigenvalue weighted by atomic mass is 16.7. The number of hydrogen-bond donors (Lipinski definition) is 0. The molecule has 1 spiro atoms. The average molecular weight is 471 g/mol. The molecule has 0 aromatic heterocycles. The third-order valence-electron chi connectivity index (χ3n) is 11.6. The number of esters is 1. The number of carbonyl (C=O) groups excluding carboxylic acids is 2. The average Bonchev–Trinajstić information content (AvgIpc) is 3.23. The van der Waals surface area contributed by atoms with E-state index in [1.165, 1.54) is 5.57 Å². The van der Waals surface area contributed by atoms with E-state index in [0.29, 0.717) is 36.0 Å². The lowest BCUT2D eigenvalue weighted by Crippen LogP contribution is -2.58. The topological polar surface area (TPSA) is 61.8 Å². The minimum atomic E-state index is -0.467. The Morgan fingerprint density at radius 2 is 1.88 bits per heavy atom. The number of ether oxygens (including phenoxy) is 3. The van der Waals surface area contributed by atoms with Crippen LogP contribution in [0.2, 0.25) is 0 Å². The van der Waals surface area contributed by atoms with Gasteiger partial charge in [0.1, 0.15) is 6.10 Å². The molecule has 4 aliphatic carbocycles. The Morgan fingerprint density at radius 3 is 2.59 bits per heavy atom. The zero-order valence-electron chi connectivity index (χ0n) is 21.6. The summed E-state index contributed by atoms with van der Waals surface area (Å²) < 4.78 is 19.6. The lowest BCUT2D eigenvalue weighted by atomic mass is 9.45. The molecule has 2 heterocycles. The van der Waals surface area contributed by atoms with Crippen molar-refractivity contribution in [1.29, 1.82) is 0 Å². The summed E-state index contributed by atoms with van der Waals surface area (Å²) in [6.07, 6.45) is 9.83. The predicted octanol–water partition coefficient (Wildman–Crippen LogP) is 5.46. The molecular formula is C29H42O5. The summed E-state index contributed by atoms with van der Waals surface area (Å²) >= 11 is 0. The summed E-state index contributed by atoms with van der Waals surface area (Å²) in [6, 6.07) is 0. The maximum atomic E-state index is 12.4. The van der Waals surface area contributed by atoms with E-state index in [2.05, 4.69) is 27.7 Å². The number of allylic oxidation sites excluding steroid dienone is 1. The van der Waals surface area contributed by atoms with E-state index in [0.717, 1.165) is 51.6 Å². The number of ketones is 1. The van der Waals surface area contributed by atoms with Gasteiger partial charge in [-0.3, -0.25) is 9.59 Å². The molecule has 5 nitrogen and oxygen atoms in total. The molecule has 8 unspecified atom stereocenters. The first-order valence-electron chi connectivity index (χ1n) is 13.8. The summed E-state index contributed by atoms with van der Waals surface area (Å²) in [6.45, 7) is 11.7. The van der Waals surface area contributed by atoms with Crippen LogP contribution < -0.4 is 0 Å². The zero-order chi connectivity index (χ0) is 24.0. The summed E-state index contributed by atoms with van der Waals surface area (Å²) in [4.78, 5) is 24.6. The molecule has 0 bridgehead atoms. The van der Waals surface area contributed by atoms with E-state index in [9.17, 15) is 9.59 Å². The van der Waals surface area contributed by atoms with Crippen molar-refractivity contribution >= 4 is 11.8 Å². The van der Waals surface area contributed by atoms with Crippen molar-refractivity contribution in [1.82, 2.24) is 0 Å². The van der Waals surface area contributed by atoms with Crippen LogP contribution in [0, 0.1) is 46.3 Å². The standard InChI is InChI=1S/C29H42O5/c1-16-8-11-29(32-15-16)17(2)26-24(34-29)13-23-21-7-6-19-12-20(31)9-10-27(19,4)22(21)14-25(28(23,26)5)33-18(3)30/h12,16-17,21-26H,6-11,13-15H2,1-5H3/t16?,17-,21?,22?,23?,24?,25?,26?,27-,28+,29?/m0/s1. The molecule has 3 saturated carbocycles. The van der Waals surface area contributed by atoms with Crippen molar-refractivity contribution in [2.45, 2.75) is 104 Å². The normalized spacial score (nSPS) is 54.0. The van der Waals surface area contributed by atoms with Gasteiger partial charge in [-0.2, -0.15) is 0 Å². The van der Waals surface area contributed by atoms with Gasteiger partial charge in [0.25, 0.3) is 0 Å². The summed E-state index contributed by atoms with van der Waals surface area (Å²) in [5.74, 6) is 2.39. The van der Waals surface area contributed by atoms with Crippen LogP contribution in [-0.2, 0) is 23.8 Å². The van der Waals surface area contributed by atoms with Crippen molar-refractivity contribution in [3.8, 4) is 0 Å². The molecule has 0 amide bonds. The van der Waals surface area contributed by atoms with Gasteiger partial charge in [0.15, 0.2) is 11.6 Å². The molecule has 2 aliphatic heterocycles. The molecule has 11 atom stereocenters. The Hall–Kier alpha value is -1.20. The molecule has 34 heavy (non-hydrogen) atoms. The smallest absolute Gasteiger partial charge is 0.302 e. The van der Waals surface area contributed by atoms with Crippen LogP contribution in [0.3, 0.4) is 0 Å². The van der Waals surface area contributed by atoms with Gasteiger partial charge in [0.2, 0.25) is 0 Å². The number of hydrogen-bond acceptors (Lipinski definition) is 5. The highest BCUT2D eigenvalue weighted by Gasteiger charge is 2.72. The molecule has 5 heteroatoms. The molecule has 6 rings (SSSR count). The van der Waals surface area contributed by atoms with Gasteiger partial charge in [-0.25, -0.2) is 0 Å². The fraction of sp³-hybridized carbons (Fsp3) is 0.862. The third-order valence-corrected chi connectivity index (χ3v) is 11.6. The van der Waals surface area contributed by atoms with Crippen LogP contribution in [0.5, 0.6) is 0 Å². The summed E-state index contributed by atoms with van der Waals surface area (Å²) in [5.41, 5.74) is 1.29. The largest absolute Gasteiger partial charge is 0.462 e. The van der Waals surface area contributed by atoms with Crippen molar-refractivity contribution in [3.05, 3.63) is 11.6 Å². The molecular weight excluding hydrogens is 428 g/mol. The monoisotopic (exact) mass is 470 g/mol. The maximum absolute atomic E-state index is 12.4. The van der Waals surface area contributed by atoms with Crippen LogP contribution in [0.15, 0.2) is 11.6 Å². The molecule has 5 fully saturated rings. The fourth-order valence-corrected chi connectivity index (χ4v) is 9.87. The van der Waals surface area contributed by atoms with Gasteiger partial charge in [-0.05, 0) is 73.7 Å². The highest BCUT2D eigenvalue weighted by Crippen LogP contribution is 2.71. The maximum Gasteiger partial charge on any atom is 0.302 e. The first-order chi connectivity index (χ1) is 16.1. The Bertz CT molecular complexity index is 915. The second-order valence-corrected chi connectivity index (χ2v) is 13.1. The quantitative estimate of drug-likeness (QED) is 0.476. The lowest BCUT2D eigenvalue weighted by Gasteiger charge is -2.60. The fourth-order valence-electron chi connectivity index (χ4n) is 9.87. The van der Waals surface area contributed by atoms with Gasteiger partial charge in [0, 0.05) is 37.0 Å². The van der Waals surface area contributed by atoms with Gasteiger partial charge >= 0.3 is 5.97 Å². The third kappa shape index (κ3) is 3.04. The van der Waals surface area contributed by atoms with E-state index >= 15 is 0 Å². The van der Waals surface area contributed by atoms with E-state index in [1.54, 1.807) is 6.92 Å². The lowest BCUT2D eigenvalue weighted by molar-refractivity contribution is -0.274. The molecule has 6 aliphatic rings. The zero-order valence-corrected chi connectivity index (χ0v) is 21.6.